The molecule has 4 aliphatic rings. The predicted molar refractivity (Wildman–Crippen MR) is 109 cm³/mol. The molecular weight excluding hydrogens is 336 g/mol. The van der Waals surface area contributed by atoms with Crippen LogP contribution in [0, 0.1) is 34.5 Å². The summed E-state index contributed by atoms with van der Waals surface area (Å²) in [7, 11) is -0.620. The van der Waals surface area contributed by atoms with Gasteiger partial charge >= 0.3 is 9.04 Å². The maximum atomic E-state index is 10.2. The summed E-state index contributed by atoms with van der Waals surface area (Å²) in [6.45, 7) is 12.0. The highest BCUT2D eigenvalue weighted by molar-refractivity contribution is 6.48. The highest BCUT2D eigenvalue weighted by atomic mass is 28.3. The van der Waals surface area contributed by atoms with Gasteiger partial charge in [-0.3, -0.25) is 0 Å². The molecule has 0 amide bonds. The smallest absolute Gasteiger partial charge is 0.393 e. The van der Waals surface area contributed by atoms with Crippen molar-refractivity contribution < 1.29 is 9.53 Å². The lowest BCUT2D eigenvalue weighted by molar-refractivity contribution is -0.0646. The third kappa shape index (κ3) is 2.88. The van der Waals surface area contributed by atoms with Gasteiger partial charge in [-0.15, -0.1) is 0 Å². The average molecular weight is 376 g/mol. The van der Waals surface area contributed by atoms with Gasteiger partial charge in [-0.05, 0) is 92.8 Å². The summed E-state index contributed by atoms with van der Waals surface area (Å²) in [6.07, 6.45) is 12.9. The Kier molecular flexibility index (Phi) is 4.98. The molecule has 0 heterocycles. The standard InChI is InChI=1S/C23H39O2Si/c1-15(25-26(4)5)19-8-9-20-18-7-6-16-14-17(24)10-12-22(16,2)21(18)11-13-23(19,20)3/h6,15,17-21,24H,7-14H2,1-5H3/q+1/t15-,17+,18+,19-,20+,21+,22+,23-/m1/s1. The Morgan fingerprint density at radius 2 is 1.88 bits per heavy atom. The van der Waals surface area contributed by atoms with Crippen molar-refractivity contribution in [2.75, 3.05) is 0 Å². The van der Waals surface area contributed by atoms with E-state index in [4.69, 9.17) is 4.43 Å². The molecule has 0 aromatic heterocycles. The third-order valence-corrected chi connectivity index (χ3v) is 9.98. The molecule has 0 unspecified atom stereocenters. The van der Waals surface area contributed by atoms with Crippen LogP contribution in [-0.2, 0) is 4.43 Å². The van der Waals surface area contributed by atoms with Crippen LogP contribution in [0.15, 0.2) is 11.6 Å². The van der Waals surface area contributed by atoms with Gasteiger partial charge in [-0.1, -0.05) is 25.5 Å². The van der Waals surface area contributed by atoms with Gasteiger partial charge in [0.05, 0.1) is 25.3 Å². The van der Waals surface area contributed by atoms with Crippen molar-refractivity contribution in [3.05, 3.63) is 11.6 Å². The van der Waals surface area contributed by atoms with Crippen molar-refractivity contribution >= 4 is 9.04 Å². The van der Waals surface area contributed by atoms with Gasteiger partial charge in [-0.25, -0.2) is 4.43 Å². The number of aliphatic hydroxyl groups excluding tert-OH is 1. The third-order valence-electron chi connectivity index (χ3n) is 9.14. The van der Waals surface area contributed by atoms with Gasteiger partial charge in [0.2, 0.25) is 0 Å². The van der Waals surface area contributed by atoms with Crippen LogP contribution in [0.5, 0.6) is 0 Å². The quantitative estimate of drug-likeness (QED) is 0.515. The monoisotopic (exact) mass is 375 g/mol. The van der Waals surface area contributed by atoms with E-state index in [1.54, 1.807) is 5.57 Å². The van der Waals surface area contributed by atoms with Crippen molar-refractivity contribution in [2.45, 2.75) is 97.4 Å². The Hall–Kier alpha value is -0.123. The zero-order chi connectivity index (χ0) is 18.7. The number of aliphatic hydroxyl groups is 1. The Balaban J connectivity index is 1.58. The van der Waals surface area contributed by atoms with Gasteiger partial charge in [0.15, 0.2) is 0 Å². The van der Waals surface area contributed by atoms with E-state index in [0.29, 0.717) is 16.9 Å². The Bertz CT molecular complexity index is 573. The number of allylic oxidation sites excluding steroid dienone is 1. The van der Waals surface area contributed by atoms with E-state index in [-0.39, 0.29) is 6.10 Å². The van der Waals surface area contributed by atoms with Crippen LogP contribution in [0.25, 0.3) is 0 Å². The summed E-state index contributed by atoms with van der Waals surface area (Å²) in [5.74, 6) is 3.34. The Morgan fingerprint density at radius 3 is 2.62 bits per heavy atom. The first-order valence-electron chi connectivity index (χ1n) is 11.1. The van der Waals surface area contributed by atoms with Crippen LogP contribution in [0.4, 0.5) is 0 Å². The molecule has 2 nitrogen and oxygen atoms in total. The average Bonchev–Trinajstić information content (AvgIpc) is 2.92. The predicted octanol–water partition coefficient (Wildman–Crippen LogP) is 5.58. The minimum atomic E-state index is -0.620. The van der Waals surface area contributed by atoms with Gasteiger partial charge in [0.25, 0.3) is 0 Å². The van der Waals surface area contributed by atoms with Crippen molar-refractivity contribution in [1.29, 1.82) is 0 Å². The zero-order valence-corrected chi connectivity index (χ0v) is 18.6. The first-order valence-corrected chi connectivity index (χ1v) is 13.5. The molecule has 3 fully saturated rings. The van der Waals surface area contributed by atoms with Crippen LogP contribution in [0.3, 0.4) is 0 Å². The molecule has 0 aromatic rings. The van der Waals surface area contributed by atoms with Crippen LogP contribution in [0.2, 0.25) is 13.1 Å². The SMILES string of the molecule is C[C@@H](O[Si+](C)C)[C@H]1CC[C@H]2[C@@H]3CC=C4C[C@@H](O)CC[C@]4(C)[C@H]3CC[C@]12C. The Morgan fingerprint density at radius 1 is 1.12 bits per heavy atom. The van der Waals surface area contributed by atoms with Crippen molar-refractivity contribution in [2.24, 2.45) is 34.5 Å². The molecule has 4 rings (SSSR count). The van der Waals surface area contributed by atoms with Crippen molar-refractivity contribution in [3.8, 4) is 0 Å². The molecule has 0 saturated heterocycles. The molecule has 8 atom stereocenters. The second-order valence-electron chi connectivity index (χ2n) is 10.6. The van der Waals surface area contributed by atoms with Crippen LogP contribution in [-0.4, -0.2) is 26.4 Å². The minimum Gasteiger partial charge on any atom is -0.393 e. The highest BCUT2D eigenvalue weighted by Gasteiger charge is 2.59. The lowest BCUT2D eigenvalue weighted by atomic mass is 9.47. The van der Waals surface area contributed by atoms with E-state index in [1.807, 2.05) is 0 Å². The van der Waals surface area contributed by atoms with E-state index in [2.05, 4.69) is 39.9 Å². The minimum absolute atomic E-state index is 0.0901. The van der Waals surface area contributed by atoms with Crippen LogP contribution < -0.4 is 0 Å². The molecule has 146 valence electrons. The number of hydrogen-bond acceptors (Lipinski definition) is 2. The first-order chi connectivity index (χ1) is 12.3. The number of hydrogen-bond donors (Lipinski definition) is 1. The summed E-state index contributed by atoms with van der Waals surface area (Å²) in [5, 5.41) is 10.2. The van der Waals surface area contributed by atoms with E-state index in [0.717, 1.165) is 36.5 Å². The summed E-state index contributed by atoms with van der Waals surface area (Å²) in [5.41, 5.74) is 2.44. The van der Waals surface area contributed by atoms with Crippen LogP contribution in [0.1, 0.15) is 72.1 Å². The molecule has 0 radical (unpaired) electrons. The fourth-order valence-electron chi connectivity index (χ4n) is 7.91. The molecule has 0 spiro atoms. The largest absolute Gasteiger partial charge is 0.467 e. The molecule has 1 N–H and O–H groups in total. The summed E-state index contributed by atoms with van der Waals surface area (Å²) < 4.78 is 6.36. The molecular formula is C23H39O2Si+. The maximum Gasteiger partial charge on any atom is 0.467 e. The van der Waals surface area contributed by atoms with Gasteiger partial charge < -0.3 is 5.11 Å². The van der Waals surface area contributed by atoms with Gasteiger partial charge in [-0.2, -0.15) is 0 Å². The van der Waals surface area contributed by atoms with Crippen molar-refractivity contribution in [1.82, 2.24) is 0 Å². The lowest BCUT2D eigenvalue weighted by Crippen LogP contribution is -2.51. The molecule has 0 aromatic carbocycles. The number of rotatable bonds is 3. The molecule has 0 bridgehead atoms. The summed E-state index contributed by atoms with van der Waals surface area (Å²) >= 11 is 0. The normalized spacial score (nSPS) is 48.8. The first kappa shape index (κ1) is 19.2. The van der Waals surface area contributed by atoms with Gasteiger partial charge in [0.1, 0.15) is 0 Å². The van der Waals surface area contributed by atoms with E-state index in [9.17, 15) is 5.11 Å². The molecule has 3 saturated carbocycles. The Labute approximate surface area is 162 Å². The van der Waals surface area contributed by atoms with Gasteiger partial charge in [0, 0.05) is 0 Å². The maximum absolute atomic E-state index is 10.2. The zero-order valence-electron chi connectivity index (χ0n) is 17.6. The fourth-order valence-corrected chi connectivity index (χ4v) is 8.82. The van der Waals surface area contributed by atoms with Crippen molar-refractivity contribution in [3.63, 3.8) is 0 Å². The van der Waals surface area contributed by atoms with Crippen LogP contribution >= 0.6 is 0 Å². The van der Waals surface area contributed by atoms with E-state index < -0.39 is 9.04 Å². The second kappa shape index (κ2) is 6.74. The number of fused-ring (bicyclic) bond motifs is 5. The summed E-state index contributed by atoms with van der Waals surface area (Å²) in [4.78, 5) is 0. The molecule has 0 aliphatic heterocycles. The highest BCUT2D eigenvalue weighted by Crippen LogP contribution is 2.66. The fraction of sp³-hybridized carbons (Fsp3) is 0.913. The van der Waals surface area contributed by atoms with E-state index >= 15 is 0 Å². The molecule has 3 heteroatoms. The van der Waals surface area contributed by atoms with E-state index in [1.165, 1.54) is 38.5 Å². The lowest BCUT2D eigenvalue weighted by Gasteiger charge is -2.58. The second-order valence-corrected chi connectivity index (χ2v) is 12.7. The summed E-state index contributed by atoms with van der Waals surface area (Å²) in [6, 6.07) is 0. The topological polar surface area (TPSA) is 29.5 Å². The molecule has 4 aliphatic carbocycles. The molecule has 26 heavy (non-hydrogen) atoms.